The van der Waals surface area contributed by atoms with Crippen molar-refractivity contribution in [2.45, 2.75) is 0 Å². The van der Waals surface area contributed by atoms with E-state index in [1.54, 1.807) is 0 Å². The second kappa shape index (κ2) is 4.59. The van der Waals surface area contributed by atoms with Gasteiger partial charge in [-0.2, -0.15) is 0 Å². The summed E-state index contributed by atoms with van der Waals surface area (Å²) in [7, 11) is 4.20. The summed E-state index contributed by atoms with van der Waals surface area (Å²) in [6.45, 7) is 6.24. The smallest absolute Gasteiger partial charge is 0.177 e. The summed E-state index contributed by atoms with van der Waals surface area (Å²) in [6.07, 6.45) is 0. The molecule has 0 aliphatic carbocycles. The number of carbonyl (C=O) groups excluding carboxylic acids is 1. The van der Waals surface area contributed by atoms with Crippen molar-refractivity contribution in [1.29, 1.82) is 0 Å². The zero-order chi connectivity index (χ0) is 8.15. The molecule has 10 heavy (non-hydrogen) atoms. The summed E-state index contributed by atoms with van der Waals surface area (Å²) in [5, 5.41) is 0. The Morgan fingerprint density at radius 2 is 2.10 bits per heavy atom. The third kappa shape index (κ3) is 3.76. The van der Waals surface area contributed by atoms with Crippen molar-refractivity contribution < 1.29 is 4.79 Å². The van der Waals surface area contributed by atoms with Crippen LogP contribution >= 0.6 is 8.58 Å². The number of nitrogens with zero attached hydrogens (tertiary/aromatic N) is 1. The van der Waals surface area contributed by atoms with Gasteiger partial charge in [-0.1, -0.05) is 6.58 Å². The second-order valence-electron chi connectivity index (χ2n) is 2.42. The highest BCUT2D eigenvalue weighted by atomic mass is 31.1. The third-order valence-corrected chi connectivity index (χ3v) is 1.86. The number of carbonyl (C=O) groups is 1. The number of hydrogen-bond donors (Lipinski definition) is 0. The van der Waals surface area contributed by atoms with Crippen LogP contribution in [0.15, 0.2) is 12.2 Å². The lowest BCUT2D eigenvalue weighted by atomic mass is 10.3. The maximum atomic E-state index is 10.9. The molecule has 3 heteroatoms. The lowest BCUT2D eigenvalue weighted by Crippen LogP contribution is -2.17. The van der Waals surface area contributed by atoms with Gasteiger partial charge in [-0.15, -0.1) is 0 Å². The van der Waals surface area contributed by atoms with Crippen molar-refractivity contribution in [2.75, 3.05) is 27.3 Å². The number of hydrogen-bond acceptors (Lipinski definition) is 2. The van der Waals surface area contributed by atoms with Gasteiger partial charge >= 0.3 is 0 Å². The highest BCUT2D eigenvalue weighted by Gasteiger charge is 2.03. The Kier molecular flexibility index (Phi) is 4.50. The summed E-state index contributed by atoms with van der Waals surface area (Å²) >= 11 is 0. The fourth-order valence-electron chi connectivity index (χ4n) is 0.630. The van der Waals surface area contributed by atoms with E-state index in [1.807, 2.05) is 25.7 Å². The molecule has 0 aromatic rings. The van der Waals surface area contributed by atoms with Crippen LogP contribution in [0.2, 0.25) is 0 Å². The standard InChI is InChI=1S/C7H14NOP/c1-6(5-8(2)3)7(9)10-4/h10H,1,5H2,2-4H3. The fraction of sp³-hybridized carbons (Fsp3) is 0.571. The number of rotatable bonds is 4. The van der Waals surface area contributed by atoms with Gasteiger partial charge in [-0.3, -0.25) is 4.79 Å². The van der Waals surface area contributed by atoms with Crippen molar-refractivity contribution in [3.05, 3.63) is 12.2 Å². The van der Waals surface area contributed by atoms with E-state index in [0.717, 1.165) is 0 Å². The van der Waals surface area contributed by atoms with Crippen LogP contribution in [-0.4, -0.2) is 37.7 Å². The Balaban J connectivity index is 3.74. The Bertz CT molecular complexity index is 143. The zero-order valence-electron chi connectivity index (χ0n) is 6.77. The zero-order valence-corrected chi connectivity index (χ0v) is 7.77. The monoisotopic (exact) mass is 159 g/mol. The maximum absolute atomic E-state index is 10.9. The number of likely N-dealkylation sites (N-methyl/N-ethyl adjacent to an activating group) is 1. The van der Waals surface area contributed by atoms with Crippen molar-refractivity contribution in [3.63, 3.8) is 0 Å². The summed E-state index contributed by atoms with van der Waals surface area (Å²) in [5.74, 6) is 0. The lowest BCUT2D eigenvalue weighted by molar-refractivity contribution is -0.108. The topological polar surface area (TPSA) is 20.3 Å². The molecule has 0 heterocycles. The van der Waals surface area contributed by atoms with E-state index in [4.69, 9.17) is 0 Å². The highest BCUT2D eigenvalue weighted by molar-refractivity contribution is 7.58. The van der Waals surface area contributed by atoms with E-state index in [-0.39, 0.29) is 5.52 Å². The molecule has 0 bridgehead atoms. The molecule has 0 rings (SSSR count). The molecule has 1 atom stereocenters. The van der Waals surface area contributed by atoms with Crippen LogP contribution in [0.5, 0.6) is 0 Å². The van der Waals surface area contributed by atoms with Gasteiger partial charge in [0.15, 0.2) is 5.52 Å². The normalized spacial score (nSPS) is 11.2. The molecule has 0 aliphatic heterocycles. The minimum Gasteiger partial charge on any atom is -0.305 e. The van der Waals surface area contributed by atoms with Gasteiger partial charge in [-0.05, 0) is 29.3 Å². The van der Waals surface area contributed by atoms with E-state index in [2.05, 4.69) is 6.58 Å². The van der Waals surface area contributed by atoms with Gasteiger partial charge in [0.25, 0.3) is 0 Å². The highest BCUT2D eigenvalue weighted by Crippen LogP contribution is 2.11. The van der Waals surface area contributed by atoms with Crippen LogP contribution in [-0.2, 0) is 4.79 Å². The Morgan fingerprint density at radius 1 is 1.60 bits per heavy atom. The van der Waals surface area contributed by atoms with Gasteiger partial charge in [0.2, 0.25) is 0 Å². The van der Waals surface area contributed by atoms with Gasteiger partial charge in [-0.25, -0.2) is 0 Å². The average molecular weight is 159 g/mol. The van der Waals surface area contributed by atoms with Crippen molar-refractivity contribution in [2.24, 2.45) is 0 Å². The molecular weight excluding hydrogens is 145 g/mol. The minimum atomic E-state index is 0.189. The first-order valence-electron chi connectivity index (χ1n) is 3.12. The molecule has 0 amide bonds. The van der Waals surface area contributed by atoms with E-state index in [9.17, 15) is 4.79 Å². The van der Waals surface area contributed by atoms with E-state index >= 15 is 0 Å². The predicted molar refractivity (Wildman–Crippen MR) is 46.9 cm³/mol. The summed E-state index contributed by atoms with van der Waals surface area (Å²) in [6, 6.07) is 0. The molecule has 2 nitrogen and oxygen atoms in total. The van der Waals surface area contributed by atoms with Crippen LogP contribution in [0.4, 0.5) is 0 Å². The van der Waals surface area contributed by atoms with Crippen LogP contribution in [0, 0.1) is 0 Å². The third-order valence-electron chi connectivity index (χ3n) is 1.06. The van der Waals surface area contributed by atoms with Gasteiger partial charge in [0.05, 0.1) is 0 Å². The summed E-state index contributed by atoms with van der Waals surface area (Å²) in [4.78, 5) is 12.9. The fourth-order valence-corrected chi connectivity index (χ4v) is 1.06. The van der Waals surface area contributed by atoms with Gasteiger partial charge in [0, 0.05) is 12.1 Å². The maximum Gasteiger partial charge on any atom is 0.177 e. The first-order chi connectivity index (χ1) is 4.57. The molecule has 0 saturated carbocycles. The molecule has 0 radical (unpaired) electrons. The molecular formula is C7H14NOP. The summed E-state index contributed by atoms with van der Waals surface area (Å²) < 4.78 is 0. The molecule has 0 aromatic heterocycles. The minimum absolute atomic E-state index is 0.189. The van der Waals surface area contributed by atoms with Gasteiger partial charge in [0.1, 0.15) is 0 Å². The quantitative estimate of drug-likeness (QED) is 0.449. The van der Waals surface area contributed by atoms with Crippen LogP contribution in [0.1, 0.15) is 0 Å². The summed E-state index contributed by atoms with van der Waals surface area (Å²) in [5.41, 5.74) is 0.902. The molecule has 1 unspecified atom stereocenters. The molecule has 0 aliphatic rings. The molecule has 58 valence electrons. The molecule has 0 saturated heterocycles. The Hall–Kier alpha value is -0.200. The predicted octanol–water partition coefficient (Wildman–Crippen LogP) is 0.939. The van der Waals surface area contributed by atoms with Crippen molar-refractivity contribution >= 4 is 14.1 Å². The lowest BCUT2D eigenvalue weighted by Gasteiger charge is -2.09. The molecule has 0 fully saturated rings. The van der Waals surface area contributed by atoms with E-state index < -0.39 is 0 Å². The van der Waals surface area contributed by atoms with Crippen LogP contribution in [0.3, 0.4) is 0 Å². The van der Waals surface area contributed by atoms with E-state index in [0.29, 0.717) is 20.7 Å². The van der Waals surface area contributed by atoms with Crippen molar-refractivity contribution in [1.82, 2.24) is 4.90 Å². The molecule has 0 aromatic carbocycles. The Labute approximate surface area is 64.1 Å². The SMILES string of the molecule is C=C(CN(C)C)C(=O)PC. The van der Waals surface area contributed by atoms with Gasteiger partial charge < -0.3 is 4.90 Å². The first-order valence-corrected chi connectivity index (χ1v) is 4.62. The molecule has 0 spiro atoms. The first kappa shape index (κ1) is 9.80. The average Bonchev–Trinajstić information content (AvgIpc) is 1.85. The Morgan fingerprint density at radius 3 is 2.40 bits per heavy atom. The van der Waals surface area contributed by atoms with Crippen LogP contribution < -0.4 is 0 Å². The molecule has 0 N–H and O–H groups in total. The van der Waals surface area contributed by atoms with E-state index in [1.165, 1.54) is 0 Å². The largest absolute Gasteiger partial charge is 0.305 e. The van der Waals surface area contributed by atoms with Crippen molar-refractivity contribution in [3.8, 4) is 0 Å². The van der Waals surface area contributed by atoms with Crippen LogP contribution in [0.25, 0.3) is 0 Å². The second-order valence-corrected chi connectivity index (χ2v) is 3.37.